The molecule has 2 N–H and O–H groups in total. The van der Waals surface area contributed by atoms with E-state index in [-0.39, 0.29) is 0 Å². The number of rotatable bonds is 3. The van der Waals surface area contributed by atoms with E-state index in [0.717, 1.165) is 32.5 Å². The van der Waals surface area contributed by atoms with Crippen LogP contribution in [0.2, 0.25) is 0 Å². The molecule has 1 fully saturated rings. The van der Waals surface area contributed by atoms with Crippen LogP contribution < -0.4 is 5.73 Å². The third kappa shape index (κ3) is 3.00. The summed E-state index contributed by atoms with van der Waals surface area (Å²) < 4.78 is 0. The number of hydrogen-bond donors (Lipinski definition) is 1. The van der Waals surface area contributed by atoms with Crippen LogP contribution in [0.1, 0.15) is 18.4 Å². The van der Waals surface area contributed by atoms with Crippen LogP contribution in [-0.2, 0) is 6.54 Å². The average molecular weight is 235 g/mol. The number of likely N-dealkylation sites (tertiary alicyclic amines) is 1. The van der Waals surface area contributed by atoms with Crippen LogP contribution in [-0.4, -0.2) is 28.0 Å². The molecule has 0 unspecified atom stereocenters. The van der Waals surface area contributed by atoms with Crippen LogP contribution in [0.4, 0.5) is 0 Å². The van der Waals surface area contributed by atoms with Gasteiger partial charge in [0, 0.05) is 24.9 Å². The van der Waals surface area contributed by atoms with Gasteiger partial charge >= 0.3 is 0 Å². The lowest BCUT2D eigenvalue weighted by atomic mass is 9.97. The Balaban J connectivity index is 1.84. The summed E-state index contributed by atoms with van der Waals surface area (Å²) in [6.45, 7) is 3.14. The molecule has 0 amide bonds. The van der Waals surface area contributed by atoms with Gasteiger partial charge < -0.3 is 5.73 Å². The van der Waals surface area contributed by atoms with Gasteiger partial charge in [-0.05, 0) is 37.6 Å². The number of hydrogen-bond acceptors (Lipinski definition) is 3. The molecule has 1 aromatic rings. The first-order valence-electron chi connectivity index (χ1n) is 5.66. The number of piperidine rings is 1. The van der Waals surface area contributed by atoms with Gasteiger partial charge in [0.05, 0.1) is 4.99 Å². The van der Waals surface area contributed by atoms with E-state index in [9.17, 15) is 0 Å². The monoisotopic (exact) mass is 235 g/mol. The van der Waals surface area contributed by atoms with Gasteiger partial charge in [-0.2, -0.15) is 0 Å². The molecule has 0 aliphatic carbocycles. The molecule has 16 heavy (non-hydrogen) atoms. The highest BCUT2D eigenvalue weighted by Crippen LogP contribution is 2.18. The fourth-order valence-corrected chi connectivity index (χ4v) is 2.36. The normalized spacial score (nSPS) is 18.5. The van der Waals surface area contributed by atoms with E-state index < -0.39 is 0 Å². The first kappa shape index (κ1) is 11.5. The largest absolute Gasteiger partial charge is 0.393 e. The van der Waals surface area contributed by atoms with Crippen molar-refractivity contribution in [3.8, 4) is 0 Å². The highest BCUT2D eigenvalue weighted by molar-refractivity contribution is 7.80. The smallest absolute Gasteiger partial charge is 0.0759 e. The zero-order valence-corrected chi connectivity index (χ0v) is 10.1. The zero-order valence-electron chi connectivity index (χ0n) is 9.30. The lowest BCUT2D eigenvalue weighted by molar-refractivity contribution is 0.202. The first-order chi connectivity index (χ1) is 7.75. The molecule has 4 heteroatoms. The highest BCUT2D eigenvalue weighted by atomic mass is 32.1. The van der Waals surface area contributed by atoms with E-state index in [0.29, 0.717) is 10.9 Å². The Morgan fingerprint density at radius 2 is 2.25 bits per heavy atom. The lowest BCUT2D eigenvalue weighted by Crippen LogP contribution is -2.37. The third-order valence-electron chi connectivity index (χ3n) is 3.12. The van der Waals surface area contributed by atoms with Crippen molar-refractivity contribution in [3.05, 3.63) is 30.1 Å². The van der Waals surface area contributed by atoms with Crippen LogP contribution in [0.15, 0.2) is 24.5 Å². The zero-order chi connectivity index (χ0) is 11.4. The van der Waals surface area contributed by atoms with E-state index in [4.69, 9.17) is 18.0 Å². The molecule has 0 spiro atoms. The van der Waals surface area contributed by atoms with E-state index in [2.05, 4.69) is 16.0 Å². The van der Waals surface area contributed by atoms with Crippen LogP contribution in [0.3, 0.4) is 0 Å². The van der Waals surface area contributed by atoms with Crippen molar-refractivity contribution in [1.82, 2.24) is 9.88 Å². The molecule has 86 valence electrons. The van der Waals surface area contributed by atoms with Crippen molar-refractivity contribution in [1.29, 1.82) is 0 Å². The quantitative estimate of drug-likeness (QED) is 0.808. The predicted molar refractivity (Wildman–Crippen MR) is 69.0 cm³/mol. The van der Waals surface area contributed by atoms with Gasteiger partial charge in [0.15, 0.2) is 0 Å². The second kappa shape index (κ2) is 5.37. The Morgan fingerprint density at radius 3 is 2.81 bits per heavy atom. The lowest BCUT2D eigenvalue weighted by Gasteiger charge is -2.31. The number of thiocarbonyl (C=S) groups is 1. The molecule has 2 heterocycles. The number of aromatic nitrogens is 1. The maximum Gasteiger partial charge on any atom is 0.0759 e. The maximum atomic E-state index is 5.67. The van der Waals surface area contributed by atoms with Gasteiger partial charge in [0.2, 0.25) is 0 Å². The van der Waals surface area contributed by atoms with Crippen LogP contribution in [0.25, 0.3) is 0 Å². The molecular formula is C12H17N3S. The van der Waals surface area contributed by atoms with Crippen molar-refractivity contribution < 1.29 is 0 Å². The summed E-state index contributed by atoms with van der Waals surface area (Å²) in [5.41, 5.74) is 6.94. The summed E-state index contributed by atoms with van der Waals surface area (Å²) in [7, 11) is 0. The minimum atomic E-state index is 0.445. The molecule has 1 saturated heterocycles. The van der Waals surface area contributed by atoms with Crippen LogP contribution in [0.5, 0.6) is 0 Å². The molecule has 1 aliphatic heterocycles. The average Bonchev–Trinajstić information content (AvgIpc) is 2.31. The van der Waals surface area contributed by atoms with Crippen molar-refractivity contribution in [3.63, 3.8) is 0 Å². The second-order valence-electron chi connectivity index (χ2n) is 4.31. The standard InChI is InChI=1S/C12H17N3S/c13-12(16)11-3-6-15(7-4-11)9-10-2-1-5-14-8-10/h1-2,5,8,11H,3-4,6-7,9H2,(H2,13,16). The highest BCUT2D eigenvalue weighted by Gasteiger charge is 2.20. The van der Waals surface area contributed by atoms with Crippen molar-refractivity contribution >= 4 is 17.2 Å². The summed E-state index contributed by atoms with van der Waals surface area (Å²) in [4.78, 5) is 7.24. The Hall–Kier alpha value is -1.00. The van der Waals surface area contributed by atoms with E-state index in [1.165, 1.54) is 5.56 Å². The number of nitrogens with two attached hydrogens (primary N) is 1. The minimum absolute atomic E-state index is 0.445. The van der Waals surface area contributed by atoms with Crippen molar-refractivity contribution in [2.24, 2.45) is 11.7 Å². The van der Waals surface area contributed by atoms with Crippen LogP contribution in [0, 0.1) is 5.92 Å². The topological polar surface area (TPSA) is 42.1 Å². The summed E-state index contributed by atoms with van der Waals surface area (Å²) in [5, 5.41) is 0. The van der Waals surface area contributed by atoms with E-state index in [1.54, 1.807) is 0 Å². The molecule has 0 radical (unpaired) electrons. The molecule has 0 bridgehead atoms. The van der Waals surface area contributed by atoms with Gasteiger partial charge in [-0.15, -0.1) is 0 Å². The van der Waals surface area contributed by atoms with Gasteiger partial charge in [-0.1, -0.05) is 18.3 Å². The van der Waals surface area contributed by atoms with Gasteiger partial charge in [0.1, 0.15) is 0 Å². The molecule has 2 rings (SSSR count). The fraction of sp³-hybridized carbons (Fsp3) is 0.500. The molecule has 1 aromatic heterocycles. The van der Waals surface area contributed by atoms with Crippen molar-refractivity contribution in [2.45, 2.75) is 19.4 Å². The number of nitrogens with zero attached hydrogens (tertiary/aromatic N) is 2. The van der Waals surface area contributed by atoms with E-state index in [1.807, 2.05) is 18.5 Å². The van der Waals surface area contributed by atoms with Gasteiger partial charge in [0.25, 0.3) is 0 Å². The van der Waals surface area contributed by atoms with Crippen molar-refractivity contribution in [2.75, 3.05) is 13.1 Å². The fourth-order valence-electron chi connectivity index (χ4n) is 2.13. The molecule has 0 aromatic carbocycles. The molecule has 3 nitrogen and oxygen atoms in total. The Bertz CT molecular complexity index is 345. The molecule has 0 saturated carbocycles. The Morgan fingerprint density at radius 1 is 1.50 bits per heavy atom. The van der Waals surface area contributed by atoms with Crippen LogP contribution >= 0.6 is 12.2 Å². The minimum Gasteiger partial charge on any atom is -0.393 e. The summed E-state index contributed by atoms with van der Waals surface area (Å²) in [6, 6.07) is 4.10. The van der Waals surface area contributed by atoms with Gasteiger partial charge in [-0.3, -0.25) is 9.88 Å². The molecule has 1 aliphatic rings. The van der Waals surface area contributed by atoms with Gasteiger partial charge in [-0.25, -0.2) is 0 Å². The third-order valence-corrected chi connectivity index (χ3v) is 3.45. The molecular weight excluding hydrogens is 218 g/mol. The molecule has 0 atom stereocenters. The number of pyridine rings is 1. The second-order valence-corrected chi connectivity index (χ2v) is 4.79. The Kier molecular flexibility index (Phi) is 3.85. The summed E-state index contributed by atoms with van der Waals surface area (Å²) in [5.74, 6) is 0.445. The summed E-state index contributed by atoms with van der Waals surface area (Å²) >= 11 is 5.03. The first-order valence-corrected chi connectivity index (χ1v) is 6.07. The maximum absolute atomic E-state index is 5.67. The predicted octanol–water partition coefficient (Wildman–Crippen LogP) is 1.58. The SMILES string of the molecule is NC(=S)C1CCN(Cc2cccnc2)CC1. The van der Waals surface area contributed by atoms with E-state index >= 15 is 0 Å². The summed E-state index contributed by atoms with van der Waals surface area (Å²) in [6.07, 6.45) is 5.92. The Labute approximate surface area is 102 Å².